The zero-order valence-electron chi connectivity index (χ0n) is 7.45. The summed E-state index contributed by atoms with van der Waals surface area (Å²) in [4.78, 5) is 4.81. The number of nitrogens with zero attached hydrogens (tertiary/aromatic N) is 2. The van der Waals surface area contributed by atoms with E-state index in [1.54, 1.807) is 0 Å². The molecule has 0 N–H and O–H groups in total. The van der Waals surface area contributed by atoms with E-state index in [2.05, 4.69) is 36.4 Å². The standard InChI is InChI=1S/C8H18N2S/c1-8(11)10-5-3-4-9(2)6-7-10/h8,11H,3-7H2,1-2H3. The van der Waals surface area contributed by atoms with Gasteiger partial charge in [-0.15, -0.1) is 0 Å². The number of rotatable bonds is 1. The Hall–Kier alpha value is 0.270. The summed E-state index contributed by atoms with van der Waals surface area (Å²) in [5.41, 5.74) is 0. The SMILES string of the molecule is CC(S)N1CCCN(C)CC1. The molecule has 1 saturated heterocycles. The Bertz CT molecular complexity index is 117. The van der Waals surface area contributed by atoms with E-state index in [0.717, 1.165) is 0 Å². The molecule has 1 fully saturated rings. The summed E-state index contributed by atoms with van der Waals surface area (Å²) in [6, 6.07) is 0. The summed E-state index contributed by atoms with van der Waals surface area (Å²) in [5.74, 6) is 0. The topological polar surface area (TPSA) is 6.48 Å². The molecule has 1 aliphatic rings. The van der Waals surface area contributed by atoms with Crippen molar-refractivity contribution in [1.82, 2.24) is 9.80 Å². The van der Waals surface area contributed by atoms with E-state index in [-0.39, 0.29) is 0 Å². The molecule has 1 aliphatic heterocycles. The van der Waals surface area contributed by atoms with Gasteiger partial charge in [0, 0.05) is 25.0 Å². The van der Waals surface area contributed by atoms with Crippen LogP contribution >= 0.6 is 12.6 Å². The minimum Gasteiger partial charge on any atom is -0.305 e. The lowest BCUT2D eigenvalue weighted by Crippen LogP contribution is -2.33. The third-order valence-electron chi connectivity index (χ3n) is 2.28. The third-order valence-corrected chi connectivity index (χ3v) is 2.61. The first-order valence-corrected chi connectivity index (χ1v) is 4.82. The van der Waals surface area contributed by atoms with E-state index in [9.17, 15) is 0 Å². The monoisotopic (exact) mass is 174 g/mol. The van der Waals surface area contributed by atoms with E-state index in [4.69, 9.17) is 0 Å². The molecule has 0 saturated carbocycles. The van der Waals surface area contributed by atoms with Crippen molar-refractivity contribution in [3.05, 3.63) is 0 Å². The Morgan fingerprint density at radius 3 is 2.55 bits per heavy atom. The fraction of sp³-hybridized carbons (Fsp3) is 1.00. The smallest absolute Gasteiger partial charge is 0.0499 e. The minimum atomic E-state index is 0.418. The van der Waals surface area contributed by atoms with Crippen LogP contribution in [0, 0.1) is 0 Å². The molecule has 1 atom stereocenters. The highest BCUT2D eigenvalue weighted by molar-refractivity contribution is 7.80. The highest BCUT2D eigenvalue weighted by Gasteiger charge is 2.13. The zero-order valence-corrected chi connectivity index (χ0v) is 8.35. The molecule has 0 bridgehead atoms. The van der Waals surface area contributed by atoms with Gasteiger partial charge in [-0.3, -0.25) is 4.90 Å². The quantitative estimate of drug-likeness (QED) is 0.590. The summed E-state index contributed by atoms with van der Waals surface area (Å²) in [6.07, 6.45) is 1.28. The Morgan fingerprint density at radius 1 is 1.18 bits per heavy atom. The van der Waals surface area contributed by atoms with E-state index >= 15 is 0 Å². The van der Waals surface area contributed by atoms with Crippen LogP contribution in [-0.4, -0.2) is 48.4 Å². The van der Waals surface area contributed by atoms with Gasteiger partial charge < -0.3 is 4.90 Å². The molecule has 0 aliphatic carbocycles. The molecule has 11 heavy (non-hydrogen) atoms. The molecule has 2 nitrogen and oxygen atoms in total. The van der Waals surface area contributed by atoms with Crippen LogP contribution in [0.5, 0.6) is 0 Å². The molecule has 0 aromatic rings. The van der Waals surface area contributed by atoms with Crippen LogP contribution in [0.25, 0.3) is 0 Å². The summed E-state index contributed by atoms with van der Waals surface area (Å²) in [5, 5.41) is 0.418. The minimum absolute atomic E-state index is 0.418. The van der Waals surface area contributed by atoms with Gasteiger partial charge in [-0.05, 0) is 26.9 Å². The lowest BCUT2D eigenvalue weighted by atomic mass is 10.4. The van der Waals surface area contributed by atoms with Crippen LogP contribution in [0.15, 0.2) is 0 Å². The fourth-order valence-electron chi connectivity index (χ4n) is 1.44. The second-order valence-corrected chi connectivity index (χ2v) is 4.07. The van der Waals surface area contributed by atoms with E-state index in [0.29, 0.717) is 5.37 Å². The van der Waals surface area contributed by atoms with E-state index in [1.807, 2.05) is 0 Å². The largest absolute Gasteiger partial charge is 0.305 e. The van der Waals surface area contributed by atoms with Crippen LogP contribution in [-0.2, 0) is 0 Å². The number of likely N-dealkylation sites (N-methyl/N-ethyl adjacent to an activating group) is 1. The van der Waals surface area contributed by atoms with Crippen LogP contribution in [0.1, 0.15) is 13.3 Å². The molecule has 1 unspecified atom stereocenters. The Morgan fingerprint density at radius 2 is 1.91 bits per heavy atom. The van der Waals surface area contributed by atoms with Crippen LogP contribution in [0.4, 0.5) is 0 Å². The molecule has 3 heteroatoms. The van der Waals surface area contributed by atoms with Gasteiger partial charge in [0.25, 0.3) is 0 Å². The molecule has 0 radical (unpaired) electrons. The van der Waals surface area contributed by atoms with Gasteiger partial charge in [0.1, 0.15) is 0 Å². The average molecular weight is 174 g/mol. The Kier molecular flexibility index (Phi) is 3.69. The van der Waals surface area contributed by atoms with Crippen molar-refractivity contribution in [3.8, 4) is 0 Å². The van der Waals surface area contributed by atoms with Gasteiger partial charge in [0.15, 0.2) is 0 Å². The summed E-state index contributed by atoms with van der Waals surface area (Å²) >= 11 is 4.43. The normalized spacial score (nSPS) is 26.5. The predicted molar refractivity (Wildman–Crippen MR) is 52.1 cm³/mol. The third kappa shape index (κ3) is 3.01. The van der Waals surface area contributed by atoms with Crippen molar-refractivity contribution >= 4 is 12.6 Å². The second-order valence-electron chi connectivity index (χ2n) is 3.32. The average Bonchev–Trinajstić information content (AvgIpc) is 2.13. The molecule has 1 heterocycles. The van der Waals surface area contributed by atoms with Crippen molar-refractivity contribution in [3.63, 3.8) is 0 Å². The lowest BCUT2D eigenvalue weighted by molar-refractivity contribution is 0.272. The van der Waals surface area contributed by atoms with Crippen LogP contribution in [0.3, 0.4) is 0 Å². The fourth-order valence-corrected chi connectivity index (χ4v) is 1.67. The molecular formula is C8H18N2S. The second kappa shape index (κ2) is 4.33. The molecule has 0 amide bonds. The summed E-state index contributed by atoms with van der Waals surface area (Å²) < 4.78 is 0. The lowest BCUT2D eigenvalue weighted by Gasteiger charge is -2.23. The molecule has 0 aromatic carbocycles. The molecular weight excluding hydrogens is 156 g/mol. The van der Waals surface area contributed by atoms with Crippen LogP contribution < -0.4 is 0 Å². The molecule has 0 aromatic heterocycles. The van der Waals surface area contributed by atoms with Crippen molar-refractivity contribution in [1.29, 1.82) is 0 Å². The van der Waals surface area contributed by atoms with Crippen molar-refractivity contribution in [2.75, 3.05) is 33.2 Å². The van der Waals surface area contributed by atoms with Crippen molar-refractivity contribution in [2.24, 2.45) is 0 Å². The van der Waals surface area contributed by atoms with Gasteiger partial charge in [0.2, 0.25) is 0 Å². The number of hydrogen-bond donors (Lipinski definition) is 1. The van der Waals surface area contributed by atoms with Gasteiger partial charge in [-0.25, -0.2) is 0 Å². The predicted octanol–water partition coefficient (Wildman–Crippen LogP) is 0.900. The van der Waals surface area contributed by atoms with Crippen molar-refractivity contribution < 1.29 is 0 Å². The molecule has 1 rings (SSSR count). The number of thiol groups is 1. The highest BCUT2D eigenvalue weighted by atomic mass is 32.1. The van der Waals surface area contributed by atoms with E-state index in [1.165, 1.54) is 32.6 Å². The van der Waals surface area contributed by atoms with E-state index < -0.39 is 0 Å². The first-order valence-electron chi connectivity index (χ1n) is 4.31. The Labute approximate surface area is 75.0 Å². The highest BCUT2D eigenvalue weighted by Crippen LogP contribution is 2.07. The maximum atomic E-state index is 4.43. The first kappa shape index (κ1) is 9.36. The summed E-state index contributed by atoms with van der Waals surface area (Å²) in [6.45, 7) is 6.94. The van der Waals surface area contributed by atoms with Gasteiger partial charge in [-0.2, -0.15) is 12.6 Å². The maximum Gasteiger partial charge on any atom is 0.0499 e. The first-order chi connectivity index (χ1) is 5.20. The van der Waals surface area contributed by atoms with Gasteiger partial charge >= 0.3 is 0 Å². The summed E-state index contributed by atoms with van der Waals surface area (Å²) in [7, 11) is 2.19. The van der Waals surface area contributed by atoms with Gasteiger partial charge in [-0.1, -0.05) is 0 Å². The molecule has 66 valence electrons. The molecule has 0 spiro atoms. The van der Waals surface area contributed by atoms with Crippen molar-refractivity contribution in [2.45, 2.75) is 18.7 Å². The van der Waals surface area contributed by atoms with Crippen LogP contribution in [0.2, 0.25) is 0 Å². The Balaban J connectivity index is 2.34. The zero-order chi connectivity index (χ0) is 8.27. The number of hydrogen-bond acceptors (Lipinski definition) is 3. The van der Waals surface area contributed by atoms with Gasteiger partial charge in [0.05, 0.1) is 0 Å². The maximum absolute atomic E-state index is 4.43.